The predicted molar refractivity (Wildman–Crippen MR) is 189 cm³/mol. The molecule has 0 spiro atoms. The van der Waals surface area contributed by atoms with Gasteiger partial charge < -0.3 is 0 Å². The summed E-state index contributed by atoms with van der Waals surface area (Å²) in [7, 11) is -2.39. The molecule has 0 bridgehead atoms. The predicted octanol–water partition coefficient (Wildman–Crippen LogP) is 9.53. The third kappa shape index (κ3) is 12.2. The van der Waals surface area contributed by atoms with Crippen LogP contribution in [0.3, 0.4) is 0 Å². The number of carbonyl (C=O) groups is 1. The molecule has 3 unspecified atom stereocenters. The van der Waals surface area contributed by atoms with Gasteiger partial charge >= 0.3 is 172 Å². The number of rotatable bonds is 6. The molecule has 2 nitrogen and oxygen atoms in total. The van der Waals surface area contributed by atoms with Gasteiger partial charge in [0.25, 0.3) is 0 Å². The summed E-state index contributed by atoms with van der Waals surface area (Å²) in [5.74, 6) is 2.09. The van der Waals surface area contributed by atoms with Gasteiger partial charge in [0.2, 0.25) is 0 Å². The van der Waals surface area contributed by atoms with E-state index in [1.807, 2.05) is 0 Å². The smallest absolute Gasteiger partial charge is 0.0149 e. The Labute approximate surface area is 260 Å². The van der Waals surface area contributed by atoms with Gasteiger partial charge in [0, 0.05) is 0 Å². The fraction of sp³-hybridized carbons (Fsp3) is 0.735. The van der Waals surface area contributed by atoms with Crippen molar-refractivity contribution in [3.63, 3.8) is 0 Å². The van der Waals surface area contributed by atoms with Gasteiger partial charge in [-0.25, -0.2) is 0 Å². The molecule has 6 heteroatoms. The molecule has 0 aromatic rings. The number of amides is 1. The molecule has 0 heterocycles. The Morgan fingerprint density at radius 3 is 1.57 bits per heavy atom. The summed E-state index contributed by atoms with van der Waals surface area (Å²) in [6, 6.07) is 0. The van der Waals surface area contributed by atoms with E-state index in [0.717, 1.165) is 23.0 Å². The first kappa shape index (κ1) is 37.8. The van der Waals surface area contributed by atoms with Crippen LogP contribution >= 0.6 is 0 Å². The van der Waals surface area contributed by atoms with Crippen LogP contribution in [0.2, 0.25) is 54.0 Å². The molecule has 2 saturated carbocycles. The number of fused-ring (bicyclic) bond motifs is 1. The molecule has 3 atom stereocenters. The van der Waals surface area contributed by atoms with Crippen molar-refractivity contribution < 1.29 is 21.6 Å². The zero-order valence-electron chi connectivity index (χ0n) is 27.1. The van der Waals surface area contributed by atoms with E-state index < -0.39 is 33.0 Å². The standard InChI is InChI=1S/C13H25NO.C10H22Si2.C9H11.2CH3.H4Si.Ti/c14-13(15)12-10-8-6-4-2-1-3-5-7-9-11-12;1-9(11(3,4)5)10(2)12(6,7)8;1-2-5-9-7-3-6-8(9)4-1;;;;/h12H,1-11H2,(H2,14,15);1-2H2,3-8H3;1-2,4-6,8-9H,3,7H2;2*1H3;1H4;/q;;;;;;+1/p-1. The number of carbonyl (C=O) groups excluding carboxylic acids is 1. The Bertz CT molecular complexity index is 845. The van der Waals surface area contributed by atoms with Gasteiger partial charge in [0.05, 0.1) is 16.1 Å². The van der Waals surface area contributed by atoms with Crippen molar-refractivity contribution in [3.8, 4) is 0 Å². The minimum atomic E-state index is -2.36. The van der Waals surface area contributed by atoms with Crippen LogP contribution in [-0.4, -0.2) is 33.0 Å². The maximum absolute atomic E-state index is 13.3. The second kappa shape index (κ2) is 17.2. The van der Waals surface area contributed by atoms with Gasteiger partial charge in [-0.05, 0) is 11.0 Å². The van der Waals surface area contributed by atoms with E-state index in [1.165, 1.54) is 81.0 Å². The second-order valence-corrected chi connectivity index (χ2v) is 32.5. The Kier molecular flexibility index (Phi) is 16.2. The van der Waals surface area contributed by atoms with Crippen LogP contribution in [-0.2, 0) is 21.6 Å². The molecular formula is C34H67NOSi3Ti. The molecule has 2 fully saturated rings. The molecule has 3 rings (SSSR count). The van der Waals surface area contributed by atoms with E-state index in [2.05, 4.69) is 91.0 Å². The first-order chi connectivity index (χ1) is 18.1. The SMILES string of the molecule is C=C(C(=C)[Si](C)(C)C)[Si](C)(C)C.[CH3][Ti]([CH3])([NH]C(=O)C1CCCCCCCCCCC1)[CH]1CCC2C=CC=CC21.[SiH4]. The summed E-state index contributed by atoms with van der Waals surface area (Å²) in [5.41, 5.74) is 0. The summed E-state index contributed by atoms with van der Waals surface area (Å²) < 4.78 is 4.45. The van der Waals surface area contributed by atoms with Crippen LogP contribution in [0.4, 0.5) is 0 Å². The minimum Gasteiger partial charge on any atom is -0.0149 e. The number of hydrogen-bond acceptors (Lipinski definition) is 1. The zero-order valence-corrected chi connectivity index (χ0v) is 30.7. The van der Waals surface area contributed by atoms with E-state index in [9.17, 15) is 4.79 Å². The number of hydrogen-bond donors (Lipinski definition) is 1. The second-order valence-electron chi connectivity index (χ2n) is 15.3. The van der Waals surface area contributed by atoms with E-state index in [1.54, 1.807) is 0 Å². The first-order valence-corrected chi connectivity index (χ1v) is 28.0. The van der Waals surface area contributed by atoms with Gasteiger partial charge in [-0.1, -0.05) is 62.8 Å². The maximum atomic E-state index is 13.3. The third-order valence-electron chi connectivity index (χ3n) is 9.60. The summed E-state index contributed by atoms with van der Waals surface area (Å²) in [4.78, 5) is 13.3. The van der Waals surface area contributed by atoms with Crippen LogP contribution in [0.5, 0.6) is 0 Å². The van der Waals surface area contributed by atoms with Crippen molar-refractivity contribution >= 4 is 33.0 Å². The average Bonchev–Trinajstić information content (AvgIpc) is 3.28. The molecule has 40 heavy (non-hydrogen) atoms. The molecule has 1 N–H and O–H groups in total. The van der Waals surface area contributed by atoms with Crippen molar-refractivity contribution in [2.45, 2.75) is 137 Å². The Balaban J connectivity index is 0.000000525. The molecule has 3 aliphatic carbocycles. The molecule has 230 valence electrons. The van der Waals surface area contributed by atoms with Crippen molar-refractivity contribution in [2.75, 3.05) is 0 Å². The van der Waals surface area contributed by atoms with Gasteiger partial charge in [-0.2, -0.15) is 0 Å². The van der Waals surface area contributed by atoms with Crippen molar-refractivity contribution in [1.82, 2.24) is 3.80 Å². The summed E-state index contributed by atoms with van der Waals surface area (Å²) >= 11 is -2.36. The average molecular weight is 638 g/mol. The molecule has 1 amide bonds. The van der Waals surface area contributed by atoms with E-state index in [0.29, 0.717) is 11.8 Å². The fourth-order valence-corrected chi connectivity index (χ4v) is 15.8. The van der Waals surface area contributed by atoms with Crippen LogP contribution in [0.1, 0.15) is 83.5 Å². The monoisotopic (exact) mass is 637 g/mol. The number of nitrogens with one attached hydrogen (secondary N) is 1. The molecule has 0 aromatic heterocycles. The van der Waals surface area contributed by atoms with Crippen LogP contribution in [0.15, 0.2) is 47.9 Å². The maximum Gasteiger partial charge on any atom is -0.0149 e. The third-order valence-corrected chi connectivity index (χ3v) is 19.4. The van der Waals surface area contributed by atoms with Gasteiger partial charge in [0.1, 0.15) is 0 Å². The minimum absolute atomic E-state index is 0. The topological polar surface area (TPSA) is 29.1 Å². The molecule has 3 aliphatic rings. The largest absolute Gasteiger partial charge is 0.0149 e. The number of allylic oxidation sites excluding steroid dienone is 6. The van der Waals surface area contributed by atoms with Crippen LogP contribution in [0.25, 0.3) is 0 Å². The first-order valence-electron chi connectivity index (χ1n) is 16.2. The van der Waals surface area contributed by atoms with Crippen molar-refractivity contribution in [1.29, 1.82) is 0 Å². The van der Waals surface area contributed by atoms with E-state index >= 15 is 0 Å². The fourth-order valence-electron chi connectivity index (χ4n) is 6.64. The Morgan fingerprint density at radius 2 is 1.12 bits per heavy atom. The van der Waals surface area contributed by atoms with Gasteiger partial charge in [-0.15, -0.1) is 0 Å². The van der Waals surface area contributed by atoms with E-state index in [4.69, 9.17) is 0 Å². The molecular weight excluding hydrogens is 571 g/mol. The quantitative estimate of drug-likeness (QED) is 0.228. The Hall–Kier alpha value is -0.205. The normalized spacial score (nSPS) is 24.8. The zero-order chi connectivity index (χ0) is 29.3. The van der Waals surface area contributed by atoms with E-state index in [-0.39, 0.29) is 16.9 Å². The van der Waals surface area contributed by atoms with Crippen LogP contribution in [0, 0.1) is 17.8 Å². The summed E-state index contributed by atoms with van der Waals surface area (Å²) in [6.07, 6.45) is 26.2. The van der Waals surface area contributed by atoms with Crippen molar-refractivity contribution in [3.05, 3.63) is 47.9 Å². The van der Waals surface area contributed by atoms with Crippen molar-refractivity contribution in [2.24, 2.45) is 17.8 Å². The molecule has 0 saturated heterocycles. The molecule has 0 aromatic carbocycles. The summed E-state index contributed by atoms with van der Waals surface area (Å²) in [5, 5.41) is 7.63. The Morgan fingerprint density at radius 1 is 0.700 bits per heavy atom. The van der Waals surface area contributed by atoms with Gasteiger partial charge in [0.15, 0.2) is 0 Å². The van der Waals surface area contributed by atoms with Crippen LogP contribution < -0.4 is 3.80 Å². The van der Waals surface area contributed by atoms with Gasteiger partial charge in [-0.3, -0.25) is 0 Å². The summed E-state index contributed by atoms with van der Waals surface area (Å²) in [6.45, 7) is 22.4. The molecule has 0 aliphatic heterocycles. The molecule has 0 radical (unpaired) electrons.